The van der Waals surface area contributed by atoms with E-state index < -0.39 is 0 Å². The van der Waals surface area contributed by atoms with E-state index in [1.165, 1.54) is 11.1 Å². The van der Waals surface area contributed by atoms with Gasteiger partial charge in [0, 0.05) is 9.10 Å². The van der Waals surface area contributed by atoms with Crippen molar-refractivity contribution in [2.45, 2.75) is 20.8 Å². The molecule has 0 unspecified atom stereocenters. The highest BCUT2D eigenvalue weighted by Gasteiger charge is 2.01. The van der Waals surface area contributed by atoms with Crippen LogP contribution < -0.4 is 0 Å². The Hall–Kier alpha value is -0.860. The minimum atomic E-state index is 0.918. The molecule has 0 N–H and O–H groups in total. The summed E-state index contributed by atoms with van der Waals surface area (Å²) in [4.78, 5) is 1.14. The summed E-state index contributed by atoms with van der Waals surface area (Å²) >= 11 is 6.71. The lowest BCUT2D eigenvalue weighted by Crippen LogP contribution is -1.84. The molecular weight excluding hydrogens is 232 g/mol. The molecule has 0 heterocycles. The van der Waals surface area contributed by atoms with Gasteiger partial charge in [-0.1, -0.05) is 60.4 Å². The van der Waals surface area contributed by atoms with Gasteiger partial charge >= 0.3 is 0 Å². The Morgan fingerprint density at radius 1 is 1.25 bits per heavy atom. The average Bonchev–Trinajstić information content (AvgIpc) is 2.19. The number of benzene rings is 1. The molecule has 1 aromatic carbocycles. The molecule has 2 heteroatoms. The van der Waals surface area contributed by atoms with Gasteiger partial charge in [0.05, 0.1) is 0 Å². The van der Waals surface area contributed by atoms with Gasteiger partial charge in [0.15, 0.2) is 0 Å². The lowest BCUT2D eigenvalue weighted by atomic mass is 10.1. The van der Waals surface area contributed by atoms with Crippen molar-refractivity contribution in [3.05, 3.63) is 52.4 Å². The first kappa shape index (κ1) is 13.2. The summed E-state index contributed by atoms with van der Waals surface area (Å²) in [6.07, 6.45) is 2.13. The SMILES string of the molecule is C=C(C)/C(=C/c1ccc(C)cc1)SC(C)=S. The molecule has 0 saturated heterocycles. The molecule has 0 fully saturated rings. The number of rotatable bonds is 3. The predicted octanol–water partition coefficient (Wildman–Crippen LogP) is 4.99. The Labute approximate surface area is 107 Å². The number of hydrogen-bond donors (Lipinski definition) is 0. The number of thioether (sulfide) groups is 1. The molecule has 84 valence electrons. The minimum absolute atomic E-state index is 0.918. The molecule has 0 aliphatic heterocycles. The van der Waals surface area contributed by atoms with Crippen molar-refractivity contribution in [3.8, 4) is 0 Å². The largest absolute Gasteiger partial charge is 0.0950 e. The van der Waals surface area contributed by atoms with Crippen LogP contribution in [0.4, 0.5) is 0 Å². The third-order valence-electron chi connectivity index (χ3n) is 2.05. The second-order valence-electron chi connectivity index (χ2n) is 3.79. The third kappa shape index (κ3) is 4.33. The fraction of sp³-hybridized carbons (Fsp3) is 0.214. The zero-order valence-corrected chi connectivity index (χ0v) is 11.5. The van der Waals surface area contributed by atoms with Gasteiger partial charge in [-0.15, -0.1) is 0 Å². The Morgan fingerprint density at radius 3 is 2.25 bits per heavy atom. The highest BCUT2D eigenvalue weighted by Crippen LogP contribution is 2.26. The van der Waals surface area contributed by atoms with E-state index in [9.17, 15) is 0 Å². The molecule has 1 aromatic rings. The molecule has 0 amide bonds. The van der Waals surface area contributed by atoms with E-state index >= 15 is 0 Å². The van der Waals surface area contributed by atoms with E-state index in [0.717, 1.165) is 14.7 Å². The summed E-state index contributed by atoms with van der Waals surface area (Å²) < 4.78 is 0.918. The lowest BCUT2D eigenvalue weighted by Gasteiger charge is -2.05. The minimum Gasteiger partial charge on any atom is -0.0950 e. The van der Waals surface area contributed by atoms with Gasteiger partial charge in [0.1, 0.15) is 0 Å². The maximum absolute atomic E-state index is 5.11. The zero-order chi connectivity index (χ0) is 12.1. The Morgan fingerprint density at radius 2 is 1.81 bits per heavy atom. The highest BCUT2D eigenvalue weighted by molar-refractivity contribution is 8.25. The highest BCUT2D eigenvalue weighted by atomic mass is 32.2. The lowest BCUT2D eigenvalue weighted by molar-refractivity contribution is 1.46. The van der Waals surface area contributed by atoms with E-state index in [4.69, 9.17) is 12.2 Å². The first-order chi connectivity index (χ1) is 7.49. The van der Waals surface area contributed by atoms with Crippen LogP contribution in [0.2, 0.25) is 0 Å². The molecule has 0 saturated carbocycles. The van der Waals surface area contributed by atoms with Crippen LogP contribution in [0.15, 0.2) is 41.3 Å². The van der Waals surface area contributed by atoms with Gasteiger partial charge in [-0.25, -0.2) is 0 Å². The molecule has 0 radical (unpaired) electrons. The van der Waals surface area contributed by atoms with Gasteiger partial charge in [-0.3, -0.25) is 0 Å². The van der Waals surface area contributed by atoms with Crippen molar-refractivity contribution in [2.75, 3.05) is 0 Å². The average molecular weight is 248 g/mol. The maximum atomic E-state index is 5.11. The second kappa shape index (κ2) is 6.02. The third-order valence-corrected chi connectivity index (χ3v) is 3.27. The summed E-state index contributed by atoms with van der Waals surface area (Å²) in [5, 5.41) is 0. The monoisotopic (exact) mass is 248 g/mol. The van der Waals surface area contributed by atoms with Gasteiger partial charge in [0.25, 0.3) is 0 Å². The first-order valence-corrected chi connectivity index (χ1v) is 6.34. The Kier molecular flexibility index (Phi) is 4.97. The normalized spacial score (nSPS) is 11.3. The van der Waals surface area contributed by atoms with Crippen LogP contribution in [0.3, 0.4) is 0 Å². The molecular formula is C14H16S2. The van der Waals surface area contributed by atoms with Gasteiger partial charge in [-0.2, -0.15) is 0 Å². The fourth-order valence-corrected chi connectivity index (χ4v) is 2.16. The standard InChI is InChI=1S/C14H16S2/c1-10(2)14(16-12(4)15)9-13-7-5-11(3)6-8-13/h5-9H,1H2,2-4H3/b14-9-. The van der Waals surface area contributed by atoms with Crippen molar-refractivity contribution in [3.63, 3.8) is 0 Å². The summed E-state index contributed by atoms with van der Waals surface area (Å²) in [7, 11) is 0. The molecule has 16 heavy (non-hydrogen) atoms. The summed E-state index contributed by atoms with van der Waals surface area (Å²) in [5.74, 6) is 0. The first-order valence-electron chi connectivity index (χ1n) is 5.11. The van der Waals surface area contributed by atoms with Crippen molar-refractivity contribution in [1.29, 1.82) is 0 Å². The van der Waals surface area contributed by atoms with Crippen LogP contribution in [0.25, 0.3) is 6.08 Å². The number of aryl methyl sites for hydroxylation is 1. The molecule has 0 aliphatic carbocycles. The van der Waals surface area contributed by atoms with E-state index in [1.807, 2.05) is 13.8 Å². The van der Waals surface area contributed by atoms with Crippen LogP contribution >= 0.6 is 24.0 Å². The quantitative estimate of drug-likeness (QED) is 0.546. The molecule has 0 nitrogen and oxygen atoms in total. The van der Waals surface area contributed by atoms with Gasteiger partial charge in [-0.05, 0) is 38.0 Å². The Bertz CT molecular complexity index is 425. The molecule has 0 aromatic heterocycles. The van der Waals surface area contributed by atoms with E-state index in [0.29, 0.717) is 0 Å². The van der Waals surface area contributed by atoms with Crippen LogP contribution in [-0.4, -0.2) is 4.20 Å². The topological polar surface area (TPSA) is 0 Å². The molecule has 0 spiro atoms. The van der Waals surface area contributed by atoms with Crippen LogP contribution in [0, 0.1) is 6.92 Å². The van der Waals surface area contributed by atoms with Crippen LogP contribution in [0.5, 0.6) is 0 Å². The second-order valence-corrected chi connectivity index (χ2v) is 5.92. The zero-order valence-electron chi connectivity index (χ0n) is 9.91. The summed E-state index contributed by atoms with van der Waals surface area (Å²) in [5.41, 5.74) is 3.51. The van der Waals surface area contributed by atoms with Crippen LogP contribution in [-0.2, 0) is 0 Å². The Balaban J connectivity index is 2.97. The number of thiocarbonyl (C=S) groups is 1. The van der Waals surface area contributed by atoms with Crippen molar-refractivity contribution < 1.29 is 0 Å². The van der Waals surface area contributed by atoms with E-state index in [-0.39, 0.29) is 0 Å². The predicted molar refractivity (Wildman–Crippen MR) is 79.8 cm³/mol. The van der Waals surface area contributed by atoms with Crippen LogP contribution in [0.1, 0.15) is 25.0 Å². The van der Waals surface area contributed by atoms with Crippen molar-refractivity contribution in [1.82, 2.24) is 0 Å². The smallest absolute Gasteiger partial charge is 0.0496 e. The fourth-order valence-electron chi connectivity index (χ4n) is 1.21. The number of hydrogen-bond acceptors (Lipinski definition) is 2. The van der Waals surface area contributed by atoms with Gasteiger partial charge < -0.3 is 0 Å². The van der Waals surface area contributed by atoms with Crippen molar-refractivity contribution >= 4 is 34.3 Å². The number of allylic oxidation sites excluding steroid dienone is 1. The van der Waals surface area contributed by atoms with Gasteiger partial charge in [0.2, 0.25) is 0 Å². The van der Waals surface area contributed by atoms with E-state index in [1.54, 1.807) is 11.8 Å². The summed E-state index contributed by atoms with van der Waals surface area (Å²) in [6.45, 7) is 10.0. The maximum Gasteiger partial charge on any atom is 0.0496 e. The van der Waals surface area contributed by atoms with E-state index in [2.05, 4.69) is 43.8 Å². The van der Waals surface area contributed by atoms with Crippen molar-refractivity contribution in [2.24, 2.45) is 0 Å². The summed E-state index contributed by atoms with van der Waals surface area (Å²) in [6, 6.07) is 8.43. The molecule has 0 atom stereocenters. The molecule has 1 rings (SSSR count). The molecule has 0 bridgehead atoms. The molecule has 0 aliphatic rings.